The number of carboxylic acids is 1. The monoisotopic (exact) mass is 184 g/mol. The lowest BCUT2D eigenvalue weighted by molar-refractivity contribution is 0.0689. The van der Waals surface area contributed by atoms with Gasteiger partial charge in [-0.25, -0.2) is 9.18 Å². The van der Waals surface area contributed by atoms with Crippen LogP contribution in [0.1, 0.15) is 28.2 Å². The molecule has 2 rings (SSSR count). The van der Waals surface area contributed by atoms with Crippen LogP contribution < -0.4 is 0 Å². The van der Waals surface area contributed by atoms with Gasteiger partial charge in [0.05, 0.1) is 0 Å². The van der Waals surface area contributed by atoms with Gasteiger partial charge in [0, 0.05) is 17.7 Å². The molecule has 1 unspecified atom stereocenters. The number of rotatable bonds is 1. The quantitative estimate of drug-likeness (QED) is 0.682. The number of H-pyrrole nitrogens is 1. The molecule has 4 nitrogen and oxygen atoms in total. The molecule has 0 spiro atoms. The van der Waals surface area contributed by atoms with Gasteiger partial charge in [-0.15, -0.1) is 0 Å². The number of nitrogens with zero attached hydrogens (tertiary/aromatic N) is 1. The molecule has 13 heavy (non-hydrogen) atoms. The SMILES string of the molecule is O=C(O)c1n[nH]c2c1CCC(F)C2. The van der Waals surface area contributed by atoms with Gasteiger partial charge in [0.1, 0.15) is 6.17 Å². The van der Waals surface area contributed by atoms with E-state index in [-0.39, 0.29) is 12.1 Å². The van der Waals surface area contributed by atoms with Gasteiger partial charge < -0.3 is 5.11 Å². The third-order valence-corrected chi connectivity index (χ3v) is 2.29. The minimum Gasteiger partial charge on any atom is -0.476 e. The van der Waals surface area contributed by atoms with E-state index >= 15 is 0 Å². The van der Waals surface area contributed by atoms with Gasteiger partial charge in [0.15, 0.2) is 5.69 Å². The number of hydrogen-bond donors (Lipinski definition) is 2. The number of hydrogen-bond acceptors (Lipinski definition) is 2. The molecule has 1 aliphatic carbocycles. The van der Waals surface area contributed by atoms with Crippen LogP contribution in [0.3, 0.4) is 0 Å². The van der Waals surface area contributed by atoms with Gasteiger partial charge in [0.25, 0.3) is 0 Å². The minimum atomic E-state index is -1.05. The number of carboxylic acid groups (broad SMARTS) is 1. The van der Waals surface area contributed by atoms with Gasteiger partial charge >= 0.3 is 5.97 Å². The first-order valence-corrected chi connectivity index (χ1v) is 4.12. The van der Waals surface area contributed by atoms with Crippen LogP contribution in [0.2, 0.25) is 0 Å². The summed E-state index contributed by atoms with van der Waals surface area (Å²) < 4.78 is 12.9. The first kappa shape index (κ1) is 8.22. The standard InChI is InChI=1S/C8H9FN2O2/c9-4-1-2-5-6(3-4)10-11-7(5)8(12)13/h4H,1-3H2,(H,10,11)(H,12,13). The van der Waals surface area contributed by atoms with Crippen molar-refractivity contribution in [3.63, 3.8) is 0 Å². The molecule has 0 radical (unpaired) electrons. The third-order valence-electron chi connectivity index (χ3n) is 2.29. The summed E-state index contributed by atoms with van der Waals surface area (Å²) in [6.45, 7) is 0. The first-order chi connectivity index (χ1) is 6.18. The zero-order chi connectivity index (χ0) is 9.42. The van der Waals surface area contributed by atoms with Crippen molar-refractivity contribution in [3.05, 3.63) is 17.0 Å². The molecule has 2 N–H and O–H groups in total. The van der Waals surface area contributed by atoms with E-state index in [1.165, 1.54) is 0 Å². The van der Waals surface area contributed by atoms with Crippen LogP contribution in [0.5, 0.6) is 0 Å². The Morgan fingerprint density at radius 3 is 3.15 bits per heavy atom. The van der Waals surface area contributed by atoms with Gasteiger partial charge in [-0.2, -0.15) is 5.10 Å². The summed E-state index contributed by atoms with van der Waals surface area (Å²) in [4.78, 5) is 10.6. The highest BCUT2D eigenvalue weighted by atomic mass is 19.1. The van der Waals surface area contributed by atoms with Crippen LogP contribution in [-0.2, 0) is 12.8 Å². The van der Waals surface area contributed by atoms with Crippen molar-refractivity contribution in [2.75, 3.05) is 0 Å². The number of fused-ring (bicyclic) bond motifs is 1. The molecular weight excluding hydrogens is 175 g/mol. The smallest absolute Gasteiger partial charge is 0.356 e. The zero-order valence-corrected chi connectivity index (χ0v) is 6.88. The number of alkyl halides is 1. The Hall–Kier alpha value is -1.39. The molecule has 0 aliphatic heterocycles. The fourth-order valence-corrected chi connectivity index (χ4v) is 1.64. The summed E-state index contributed by atoms with van der Waals surface area (Å²) in [7, 11) is 0. The number of carbonyl (C=O) groups is 1. The normalized spacial score (nSPS) is 21.2. The highest BCUT2D eigenvalue weighted by Crippen LogP contribution is 2.23. The highest BCUT2D eigenvalue weighted by molar-refractivity contribution is 5.87. The van der Waals surface area contributed by atoms with Gasteiger partial charge in [-0.1, -0.05) is 0 Å². The first-order valence-electron chi connectivity index (χ1n) is 4.12. The van der Waals surface area contributed by atoms with Crippen molar-refractivity contribution >= 4 is 5.97 Å². The van der Waals surface area contributed by atoms with Crippen molar-refractivity contribution in [3.8, 4) is 0 Å². The van der Waals surface area contributed by atoms with E-state index in [0.717, 1.165) is 0 Å². The molecule has 5 heteroatoms. The second kappa shape index (κ2) is 2.83. The summed E-state index contributed by atoms with van der Waals surface area (Å²) in [5, 5.41) is 14.9. The maximum absolute atomic E-state index is 12.9. The Morgan fingerprint density at radius 1 is 1.69 bits per heavy atom. The summed E-state index contributed by atoms with van der Waals surface area (Å²) >= 11 is 0. The van der Waals surface area contributed by atoms with Crippen LogP contribution in [0.25, 0.3) is 0 Å². The maximum Gasteiger partial charge on any atom is 0.356 e. The molecule has 1 heterocycles. The Balaban J connectivity index is 2.39. The molecule has 0 aromatic carbocycles. The van der Waals surface area contributed by atoms with Gasteiger partial charge in [-0.3, -0.25) is 5.10 Å². The van der Waals surface area contributed by atoms with Crippen LogP contribution >= 0.6 is 0 Å². The molecule has 1 atom stereocenters. The average molecular weight is 184 g/mol. The van der Waals surface area contributed by atoms with Crippen LogP contribution in [0.15, 0.2) is 0 Å². The third kappa shape index (κ3) is 1.30. The number of aromatic amines is 1. The minimum absolute atomic E-state index is 0.0434. The van der Waals surface area contributed by atoms with E-state index in [4.69, 9.17) is 5.11 Å². The largest absolute Gasteiger partial charge is 0.476 e. The number of nitrogens with one attached hydrogen (secondary N) is 1. The maximum atomic E-state index is 12.9. The predicted molar refractivity (Wildman–Crippen MR) is 42.5 cm³/mol. The molecule has 1 aromatic heterocycles. The Kier molecular flexibility index (Phi) is 1.79. The summed E-state index contributed by atoms with van der Waals surface area (Å²) in [6, 6.07) is 0. The predicted octanol–water partition coefficient (Wildman–Crippen LogP) is 0.935. The van der Waals surface area contributed by atoms with Gasteiger partial charge in [0.2, 0.25) is 0 Å². The van der Waals surface area contributed by atoms with E-state index in [1.54, 1.807) is 0 Å². The van der Waals surface area contributed by atoms with Crippen molar-refractivity contribution in [1.82, 2.24) is 10.2 Å². The molecule has 0 saturated heterocycles. The Morgan fingerprint density at radius 2 is 2.46 bits per heavy atom. The molecule has 1 aromatic rings. The van der Waals surface area contributed by atoms with Crippen LogP contribution in [-0.4, -0.2) is 27.4 Å². The average Bonchev–Trinajstić information content (AvgIpc) is 2.46. The van der Waals surface area contributed by atoms with E-state index in [0.29, 0.717) is 24.1 Å². The fourth-order valence-electron chi connectivity index (χ4n) is 1.64. The second-order valence-corrected chi connectivity index (χ2v) is 3.17. The molecule has 0 fully saturated rings. The van der Waals surface area contributed by atoms with E-state index < -0.39 is 12.1 Å². The number of aromatic carboxylic acids is 1. The van der Waals surface area contributed by atoms with Crippen molar-refractivity contribution in [1.29, 1.82) is 0 Å². The lowest BCUT2D eigenvalue weighted by atomic mass is 9.94. The molecule has 0 bridgehead atoms. The topological polar surface area (TPSA) is 66.0 Å². The lowest BCUT2D eigenvalue weighted by Gasteiger charge is -2.14. The molecule has 70 valence electrons. The number of halogens is 1. The summed E-state index contributed by atoms with van der Waals surface area (Å²) in [6.07, 6.45) is 0.256. The second-order valence-electron chi connectivity index (χ2n) is 3.17. The van der Waals surface area contributed by atoms with E-state index in [9.17, 15) is 9.18 Å². The Bertz CT molecular complexity index is 348. The zero-order valence-electron chi connectivity index (χ0n) is 6.88. The molecule has 0 saturated carbocycles. The number of aromatic nitrogens is 2. The molecular formula is C8H9FN2O2. The summed E-state index contributed by atoms with van der Waals surface area (Å²) in [5.41, 5.74) is 1.35. The fraction of sp³-hybridized carbons (Fsp3) is 0.500. The molecule has 1 aliphatic rings. The highest BCUT2D eigenvalue weighted by Gasteiger charge is 2.25. The lowest BCUT2D eigenvalue weighted by Crippen LogP contribution is -2.15. The van der Waals surface area contributed by atoms with Crippen molar-refractivity contribution < 1.29 is 14.3 Å². The van der Waals surface area contributed by atoms with Crippen LogP contribution in [0.4, 0.5) is 4.39 Å². The van der Waals surface area contributed by atoms with Crippen molar-refractivity contribution in [2.24, 2.45) is 0 Å². The molecule has 0 amide bonds. The van der Waals surface area contributed by atoms with Crippen LogP contribution in [0, 0.1) is 0 Å². The summed E-state index contributed by atoms with van der Waals surface area (Å²) in [5.74, 6) is -1.05. The Labute approximate surface area is 73.8 Å². The van der Waals surface area contributed by atoms with Gasteiger partial charge in [-0.05, 0) is 12.8 Å². The van der Waals surface area contributed by atoms with E-state index in [2.05, 4.69) is 10.2 Å². The van der Waals surface area contributed by atoms with E-state index in [1.807, 2.05) is 0 Å². The van der Waals surface area contributed by atoms with Crippen molar-refractivity contribution in [2.45, 2.75) is 25.4 Å².